The van der Waals surface area contributed by atoms with Gasteiger partial charge in [-0.05, 0) is 13.0 Å². The van der Waals surface area contributed by atoms with Gasteiger partial charge in [0, 0.05) is 12.1 Å². The number of alkyl halides is 3. The van der Waals surface area contributed by atoms with E-state index in [4.69, 9.17) is 0 Å². The maximum atomic E-state index is 13.3. The van der Waals surface area contributed by atoms with Gasteiger partial charge in [0.05, 0.1) is 16.8 Å². The molecule has 2 aromatic heterocycles. The summed E-state index contributed by atoms with van der Waals surface area (Å²) in [5, 5.41) is 0. The fourth-order valence-corrected chi connectivity index (χ4v) is 2.39. The largest absolute Gasteiger partial charge is 0.418 e. The van der Waals surface area contributed by atoms with Crippen LogP contribution >= 0.6 is 0 Å². The average Bonchev–Trinajstić information content (AvgIpc) is 2.81. The molecule has 0 fully saturated rings. The van der Waals surface area contributed by atoms with Gasteiger partial charge in [0.25, 0.3) is 0 Å². The van der Waals surface area contributed by atoms with E-state index in [2.05, 4.69) is 9.97 Å². The normalized spacial score (nSPS) is 12.0. The van der Waals surface area contributed by atoms with E-state index < -0.39 is 17.4 Å². The molecule has 1 N–H and O–H groups in total. The Morgan fingerprint density at radius 1 is 1.23 bits per heavy atom. The minimum Gasteiger partial charge on any atom is -0.304 e. The van der Waals surface area contributed by atoms with Gasteiger partial charge in [0.15, 0.2) is 5.65 Å². The third-order valence-electron chi connectivity index (χ3n) is 3.42. The molecule has 3 aromatic rings. The average molecular weight is 307 g/mol. The lowest BCUT2D eigenvalue weighted by molar-refractivity contribution is -0.136. The summed E-state index contributed by atoms with van der Waals surface area (Å²) in [5.74, 6) is 0. The molecule has 0 spiro atoms. The number of hydrogen-bond donors (Lipinski definition) is 1. The number of aromatic nitrogens is 3. The van der Waals surface area contributed by atoms with Crippen molar-refractivity contribution in [1.29, 1.82) is 0 Å². The highest BCUT2D eigenvalue weighted by Crippen LogP contribution is 2.35. The lowest BCUT2D eigenvalue weighted by Crippen LogP contribution is -2.15. The van der Waals surface area contributed by atoms with Crippen molar-refractivity contribution in [2.24, 2.45) is 0 Å². The standard InChI is InChI=1S/C15H12F3N3O/c1-2-21-13-12(20-14(21)22)10(15(16,17)18)8-11(19-13)9-6-4-3-5-7-9/h3-8H,2H2,1H3,(H,20,22). The summed E-state index contributed by atoms with van der Waals surface area (Å²) in [6, 6.07) is 9.53. The molecule has 1 aromatic carbocycles. The summed E-state index contributed by atoms with van der Waals surface area (Å²) >= 11 is 0. The first-order valence-electron chi connectivity index (χ1n) is 6.68. The van der Waals surface area contributed by atoms with Crippen molar-refractivity contribution in [3.63, 3.8) is 0 Å². The predicted molar refractivity (Wildman–Crippen MR) is 76.5 cm³/mol. The highest BCUT2D eigenvalue weighted by atomic mass is 19.4. The second kappa shape index (κ2) is 5.01. The Morgan fingerprint density at radius 3 is 2.50 bits per heavy atom. The van der Waals surface area contributed by atoms with Gasteiger partial charge in [-0.3, -0.25) is 4.57 Å². The van der Waals surface area contributed by atoms with Crippen molar-refractivity contribution in [3.05, 3.63) is 52.4 Å². The lowest BCUT2D eigenvalue weighted by atomic mass is 10.1. The number of nitrogens with zero attached hydrogens (tertiary/aromatic N) is 2. The van der Waals surface area contributed by atoms with Gasteiger partial charge in [-0.2, -0.15) is 13.2 Å². The van der Waals surface area contributed by atoms with Crippen molar-refractivity contribution in [1.82, 2.24) is 14.5 Å². The molecule has 0 aliphatic rings. The molecule has 0 radical (unpaired) electrons. The van der Waals surface area contributed by atoms with Crippen molar-refractivity contribution in [2.75, 3.05) is 0 Å². The van der Waals surface area contributed by atoms with E-state index in [9.17, 15) is 18.0 Å². The van der Waals surface area contributed by atoms with E-state index in [-0.39, 0.29) is 23.4 Å². The molecule has 0 saturated heterocycles. The first-order valence-corrected chi connectivity index (χ1v) is 6.68. The number of nitrogens with one attached hydrogen (secondary N) is 1. The topological polar surface area (TPSA) is 50.7 Å². The van der Waals surface area contributed by atoms with Gasteiger partial charge in [0.2, 0.25) is 0 Å². The summed E-state index contributed by atoms with van der Waals surface area (Å²) in [4.78, 5) is 18.3. The van der Waals surface area contributed by atoms with Crippen LogP contribution in [0.5, 0.6) is 0 Å². The zero-order valence-electron chi connectivity index (χ0n) is 11.6. The van der Waals surface area contributed by atoms with Crippen LogP contribution in [-0.2, 0) is 12.7 Å². The number of H-pyrrole nitrogens is 1. The first-order chi connectivity index (χ1) is 10.4. The lowest BCUT2D eigenvalue weighted by Gasteiger charge is -2.10. The van der Waals surface area contributed by atoms with Crippen LogP contribution in [0, 0.1) is 0 Å². The van der Waals surface area contributed by atoms with Crippen LogP contribution < -0.4 is 5.69 Å². The Morgan fingerprint density at radius 2 is 1.91 bits per heavy atom. The number of fused-ring (bicyclic) bond motifs is 1. The second-order valence-electron chi connectivity index (χ2n) is 4.79. The molecule has 7 heteroatoms. The molecule has 0 amide bonds. The van der Waals surface area contributed by atoms with Gasteiger partial charge in [-0.1, -0.05) is 30.3 Å². The molecule has 3 rings (SSSR count). The van der Waals surface area contributed by atoms with E-state index >= 15 is 0 Å². The Hall–Kier alpha value is -2.57. The molecular formula is C15H12F3N3O. The van der Waals surface area contributed by atoms with Crippen LogP contribution in [0.15, 0.2) is 41.2 Å². The summed E-state index contributed by atoms with van der Waals surface area (Å²) in [7, 11) is 0. The van der Waals surface area contributed by atoms with Crippen LogP contribution in [0.4, 0.5) is 13.2 Å². The maximum absolute atomic E-state index is 13.3. The molecule has 2 heterocycles. The fourth-order valence-electron chi connectivity index (χ4n) is 2.39. The molecule has 0 saturated carbocycles. The highest BCUT2D eigenvalue weighted by molar-refractivity contribution is 5.80. The van der Waals surface area contributed by atoms with Crippen molar-refractivity contribution in [3.8, 4) is 11.3 Å². The molecule has 114 valence electrons. The summed E-state index contributed by atoms with van der Waals surface area (Å²) in [6.07, 6.45) is -4.58. The number of hydrogen-bond acceptors (Lipinski definition) is 2. The van der Waals surface area contributed by atoms with Gasteiger partial charge in [-0.25, -0.2) is 9.78 Å². The minimum absolute atomic E-state index is 0.0150. The van der Waals surface area contributed by atoms with Gasteiger partial charge >= 0.3 is 11.9 Å². The van der Waals surface area contributed by atoms with Gasteiger partial charge in [-0.15, -0.1) is 0 Å². The van der Waals surface area contributed by atoms with Crippen LogP contribution in [0.25, 0.3) is 22.4 Å². The van der Waals surface area contributed by atoms with Gasteiger partial charge < -0.3 is 4.98 Å². The quantitative estimate of drug-likeness (QED) is 0.788. The van der Waals surface area contributed by atoms with Crippen molar-refractivity contribution >= 4 is 11.2 Å². The van der Waals surface area contributed by atoms with Crippen molar-refractivity contribution < 1.29 is 13.2 Å². The van der Waals surface area contributed by atoms with E-state index in [0.29, 0.717) is 5.56 Å². The highest BCUT2D eigenvalue weighted by Gasteiger charge is 2.35. The summed E-state index contributed by atoms with van der Waals surface area (Å²) in [5.41, 5.74) is -1.01. The molecule has 4 nitrogen and oxygen atoms in total. The number of benzene rings is 1. The summed E-state index contributed by atoms with van der Waals surface area (Å²) < 4.78 is 41.1. The second-order valence-corrected chi connectivity index (χ2v) is 4.79. The predicted octanol–water partition coefficient (Wildman–Crippen LogP) is 3.43. The Kier molecular flexibility index (Phi) is 3.27. The van der Waals surface area contributed by atoms with E-state index in [1.807, 2.05) is 0 Å². The Labute approximate surface area is 123 Å². The Bertz CT molecular complexity index is 879. The molecule has 0 aliphatic heterocycles. The Balaban J connectivity index is 2.39. The third kappa shape index (κ3) is 2.28. The van der Waals surface area contributed by atoms with Gasteiger partial charge in [0.1, 0.15) is 0 Å². The third-order valence-corrected chi connectivity index (χ3v) is 3.42. The van der Waals surface area contributed by atoms with E-state index in [1.165, 1.54) is 4.57 Å². The first kappa shape index (κ1) is 14.4. The monoisotopic (exact) mass is 307 g/mol. The fraction of sp³-hybridized carbons (Fsp3) is 0.200. The van der Waals surface area contributed by atoms with Crippen molar-refractivity contribution in [2.45, 2.75) is 19.6 Å². The number of halogens is 3. The summed E-state index contributed by atoms with van der Waals surface area (Å²) in [6.45, 7) is 1.92. The van der Waals surface area contributed by atoms with Crippen LogP contribution in [0.2, 0.25) is 0 Å². The smallest absolute Gasteiger partial charge is 0.304 e. The molecule has 0 atom stereocenters. The zero-order chi connectivity index (χ0) is 15.9. The number of aromatic amines is 1. The molecule has 22 heavy (non-hydrogen) atoms. The van der Waals surface area contributed by atoms with Crippen LogP contribution in [-0.4, -0.2) is 14.5 Å². The van der Waals surface area contributed by atoms with E-state index in [0.717, 1.165) is 6.07 Å². The van der Waals surface area contributed by atoms with Crippen LogP contribution in [0.1, 0.15) is 12.5 Å². The molecule has 0 aliphatic carbocycles. The number of aryl methyl sites for hydroxylation is 1. The van der Waals surface area contributed by atoms with Crippen LogP contribution in [0.3, 0.4) is 0 Å². The minimum atomic E-state index is -4.58. The SMILES string of the molecule is CCn1c(=O)[nH]c2c(C(F)(F)F)cc(-c3ccccc3)nc21. The molecular weight excluding hydrogens is 295 g/mol. The number of rotatable bonds is 2. The zero-order valence-corrected chi connectivity index (χ0v) is 11.6. The van der Waals surface area contributed by atoms with E-state index in [1.54, 1.807) is 37.3 Å². The molecule has 0 unspecified atom stereocenters. The number of imidazole rings is 1. The molecule has 0 bridgehead atoms. The number of pyridine rings is 1. The maximum Gasteiger partial charge on any atom is 0.418 e.